The summed E-state index contributed by atoms with van der Waals surface area (Å²) in [6.45, 7) is 1.18. The Balaban J connectivity index is 1.62. The lowest BCUT2D eigenvalue weighted by molar-refractivity contribution is -0.0122. The zero-order valence-electron chi connectivity index (χ0n) is 11.9. The smallest absolute Gasteiger partial charge is 0.276 e. The topological polar surface area (TPSA) is 110 Å². The van der Waals surface area contributed by atoms with Crippen LogP contribution in [0.3, 0.4) is 0 Å². The number of thiophene rings is 1. The van der Waals surface area contributed by atoms with Gasteiger partial charge in [0.15, 0.2) is 5.69 Å². The van der Waals surface area contributed by atoms with Gasteiger partial charge in [-0.1, -0.05) is 11.2 Å². The predicted molar refractivity (Wildman–Crippen MR) is 78.6 cm³/mol. The predicted octanol–water partition coefficient (Wildman–Crippen LogP) is 1.13. The first-order chi connectivity index (χ1) is 11.3. The van der Waals surface area contributed by atoms with Crippen molar-refractivity contribution in [3.63, 3.8) is 0 Å². The fourth-order valence-corrected chi connectivity index (χ4v) is 3.03. The van der Waals surface area contributed by atoms with E-state index in [4.69, 9.17) is 9.26 Å². The van der Waals surface area contributed by atoms with Crippen molar-refractivity contribution in [3.05, 3.63) is 35.3 Å². The molecule has 0 spiro atoms. The van der Waals surface area contributed by atoms with Crippen LogP contribution in [0.5, 0.6) is 0 Å². The maximum atomic E-state index is 12.5. The molecule has 9 nitrogen and oxygen atoms in total. The minimum absolute atomic E-state index is 0.245. The molecule has 3 aromatic rings. The Bertz CT molecular complexity index is 785. The number of aromatic amines is 1. The van der Waals surface area contributed by atoms with Crippen LogP contribution in [0.15, 0.2) is 28.2 Å². The van der Waals surface area contributed by atoms with Crippen molar-refractivity contribution in [3.8, 4) is 10.7 Å². The molecule has 0 bridgehead atoms. The van der Waals surface area contributed by atoms with E-state index in [-0.39, 0.29) is 11.6 Å². The summed E-state index contributed by atoms with van der Waals surface area (Å²) in [5.74, 6) is 0.613. The molecular formula is C13H12N6O3S. The van der Waals surface area contributed by atoms with Crippen molar-refractivity contribution < 1.29 is 14.1 Å². The van der Waals surface area contributed by atoms with Crippen LogP contribution in [-0.2, 0) is 4.74 Å². The Hall–Kier alpha value is -2.59. The van der Waals surface area contributed by atoms with Gasteiger partial charge in [0.25, 0.3) is 11.8 Å². The Morgan fingerprint density at radius 3 is 3.22 bits per heavy atom. The summed E-state index contributed by atoms with van der Waals surface area (Å²) >= 11 is 1.52. The van der Waals surface area contributed by atoms with Crippen molar-refractivity contribution >= 4 is 17.2 Å². The molecular weight excluding hydrogens is 320 g/mol. The molecule has 10 heteroatoms. The standard InChI is InChI=1S/C13H12N6O3S/c20-13(8-6-14-18-16-8)19-3-4-21-7-9(19)12-15-11(17-22-12)10-2-1-5-23-10/h1-2,5-6,9H,3-4,7H2,(H,14,16,18). The van der Waals surface area contributed by atoms with Crippen LogP contribution in [0.1, 0.15) is 22.4 Å². The van der Waals surface area contributed by atoms with Gasteiger partial charge in [-0.25, -0.2) is 0 Å². The molecule has 4 rings (SSSR count). The van der Waals surface area contributed by atoms with E-state index in [9.17, 15) is 4.79 Å². The number of nitrogens with zero attached hydrogens (tertiary/aromatic N) is 5. The van der Waals surface area contributed by atoms with E-state index in [1.807, 2.05) is 17.5 Å². The second kappa shape index (κ2) is 5.89. The van der Waals surface area contributed by atoms with Gasteiger partial charge in [0.1, 0.15) is 6.04 Å². The third-order valence-electron chi connectivity index (χ3n) is 3.49. The van der Waals surface area contributed by atoms with E-state index in [1.165, 1.54) is 17.5 Å². The molecule has 118 valence electrons. The summed E-state index contributed by atoms with van der Waals surface area (Å²) in [5, 5.41) is 15.9. The summed E-state index contributed by atoms with van der Waals surface area (Å²) in [4.78, 5) is 19.5. The number of H-pyrrole nitrogens is 1. The average Bonchev–Trinajstić information content (AvgIpc) is 3.35. The van der Waals surface area contributed by atoms with Crippen molar-refractivity contribution in [2.45, 2.75) is 6.04 Å². The lowest BCUT2D eigenvalue weighted by Gasteiger charge is -2.32. The number of carbonyl (C=O) groups is 1. The van der Waals surface area contributed by atoms with Gasteiger partial charge >= 0.3 is 0 Å². The highest BCUT2D eigenvalue weighted by Gasteiger charge is 2.34. The molecule has 1 atom stereocenters. The second-order valence-corrected chi connectivity index (χ2v) is 5.83. The van der Waals surface area contributed by atoms with Gasteiger partial charge in [-0.15, -0.1) is 11.3 Å². The SMILES string of the molecule is O=C(c1cn[nH]n1)N1CCOCC1c1nc(-c2cccs2)no1. The average molecular weight is 332 g/mol. The first-order valence-electron chi connectivity index (χ1n) is 6.95. The molecule has 1 fully saturated rings. The maximum Gasteiger partial charge on any atom is 0.276 e. The monoisotopic (exact) mass is 332 g/mol. The van der Waals surface area contributed by atoms with Crippen LogP contribution in [0.2, 0.25) is 0 Å². The highest BCUT2D eigenvalue weighted by atomic mass is 32.1. The van der Waals surface area contributed by atoms with Crippen LogP contribution in [0.25, 0.3) is 10.7 Å². The Morgan fingerprint density at radius 1 is 1.48 bits per heavy atom. The molecule has 1 unspecified atom stereocenters. The Kier molecular flexibility index (Phi) is 3.60. The minimum Gasteiger partial charge on any atom is -0.377 e. The van der Waals surface area contributed by atoms with Crippen LogP contribution in [0.4, 0.5) is 0 Å². The van der Waals surface area contributed by atoms with E-state index in [2.05, 4.69) is 25.6 Å². The van der Waals surface area contributed by atoms with Gasteiger partial charge in [0, 0.05) is 6.54 Å². The number of hydrogen-bond acceptors (Lipinski definition) is 8. The van der Waals surface area contributed by atoms with Crippen LogP contribution in [0, 0.1) is 0 Å². The summed E-state index contributed by atoms with van der Waals surface area (Å²) in [6, 6.07) is 3.39. The summed E-state index contributed by atoms with van der Waals surface area (Å²) in [6.07, 6.45) is 1.39. The van der Waals surface area contributed by atoms with Crippen molar-refractivity contribution in [1.29, 1.82) is 0 Å². The van der Waals surface area contributed by atoms with Crippen LogP contribution in [-0.4, -0.2) is 56.1 Å². The summed E-state index contributed by atoms with van der Waals surface area (Å²) < 4.78 is 10.8. The molecule has 4 heterocycles. The maximum absolute atomic E-state index is 12.5. The molecule has 3 aromatic heterocycles. The molecule has 1 saturated heterocycles. The highest BCUT2D eigenvalue weighted by Crippen LogP contribution is 2.28. The third-order valence-corrected chi connectivity index (χ3v) is 4.36. The molecule has 23 heavy (non-hydrogen) atoms. The van der Waals surface area contributed by atoms with Gasteiger partial charge in [-0.2, -0.15) is 20.4 Å². The largest absolute Gasteiger partial charge is 0.377 e. The number of amides is 1. The molecule has 0 aliphatic carbocycles. The molecule has 0 aromatic carbocycles. The molecule has 1 aliphatic heterocycles. The van der Waals surface area contributed by atoms with Gasteiger partial charge in [-0.05, 0) is 11.4 Å². The molecule has 1 aliphatic rings. The van der Waals surface area contributed by atoms with Crippen molar-refractivity contribution in [1.82, 2.24) is 30.5 Å². The minimum atomic E-state index is -0.436. The number of aromatic nitrogens is 5. The van der Waals surface area contributed by atoms with E-state index in [1.54, 1.807) is 4.90 Å². The number of hydrogen-bond donors (Lipinski definition) is 1. The van der Waals surface area contributed by atoms with Gasteiger partial charge in [-0.3, -0.25) is 4.79 Å². The highest BCUT2D eigenvalue weighted by molar-refractivity contribution is 7.13. The quantitative estimate of drug-likeness (QED) is 0.765. The Morgan fingerprint density at radius 2 is 2.43 bits per heavy atom. The van der Waals surface area contributed by atoms with Crippen LogP contribution < -0.4 is 0 Å². The number of morpholine rings is 1. The molecule has 1 amide bonds. The van der Waals surface area contributed by atoms with Crippen molar-refractivity contribution in [2.24, 2.45) is 0 Å². The molecule has 0 saturated carbocycles. The second-order valence-electron chi connectivity index (χ2n) is 4.88. The van der Waals surface area contributed by atoms with Gasteiger partial charge in [0.05, 0.1) is 24.3 Å². The number of rotatable bonds is 3. The van der Waals surface area contributed by atoms with E-state index in [0.717, 1.165) is 4.88 Å². The lowest BCUT2D eigenvalue weighted by Crippen LogP contribution is -2.43. The van der Waals surface area contributed by atoms with E-state index >= 15 is 0 Å². The normalized spacial score (nSPS) is 18.3. The molecule has 0 radical (unpaired) electrons. The zero-order valence-corrected chi connectivity index (χ0v) is 12.7. The number of carbonyl (C=O) groups excluding carboxylic acids is 1. The first-order valence-corrected chi connectivity index (χ1v) is 7.83. The van der Waals surface area contributed by atoms with Crippen molar-refractivity contribution in [2.75, 3.05) is 19.8 Å². The lowest BCUT2D eigenvalue weighted by atomic mass is 10.2. The van der Waals surface area contributed by atoms with E-state index < -0.39 is 6.04 Å². The first kappa shape index (κ1) is 14.0. The van der Waals surface area contributed by atoms with Gasteiger partial charge in [0.2, 0.25) is 5.82 Å². The fraction of sp³-hybridized carbons (Fsp3) is 0.308. The zero-order chi connectivity index (χ0) is 15.6. The third kappa shape index (κ3) is 2.62. The summed E-state index contributed by atoms with van der Waals surface area (Å²) in [5.41, 5.74) is 0.245. The number of ether oxygens (including phenoxy) is 1. The van der Waals surface area contributed by atoms with Gasteiger partial charge < -0.3 is 14.2 Å². The van der Waals surface area contributed by atoms with E-state index in [0.29, 0.717) is 31.5 Å². The number of nitrogens with one attached hydrogen (secondary N) is 1. The molecule has 1 N–H and O–H groups in total. The van der Waals surface area contributed by atoms with Crippen LogP contribution >= 0.6 is 11.3 Å². The fourth-order valence-electron chi connectivity index (χ4n) is 2.38. The Labute approximate surface area is 134 Å². The summed E-state index contributed by atoms with van der Waals surface area (Å²) in [7, 11) is 0.